The third kappa shape index (κ3) is 5.64. The third-order valence-electron chi connectivity index (χ3n) is 4.90. The van der Waals surface area contributed by atoms with Crippen LogP contribution in [0.25, 0.3) is 11.0 Å². The van der Waals surface area contributed by atoms with Crippen LogP contribution in [-0.2, 0) is 11.3 Å². The Morgan fingerprint density at radius 1 is 1.15 bits per heavy atom. The Hall–Kier alpha value is -3.98. The van der Waals surface area contributed by atoms with Gasteiger partial charge >= 0.3 is 0 Å². The maximum absolute atomic E-state index is 12.3. The number of hydrogen-bond acceptors (Lipinski definition) is 6. The van der Waals surface area contributed by atoms with E-state index in [1.807, 2.05) is 24.3 Å². The van der Waals surface area contributed by atoms with Gasteiger partial charge in [0.2, 0.25) is 0 Å². The van der Waals surface area contributed by atoms with Crippen molar-refractivity contribution in [3.8, 4) is 0 Å². The second-order valence-corrected chi connectivity index (χ2v) is 8.33. The molecule has 0 saturated heterocycles. The number of non-ortho nitro benzene ring substituents is 1. The number of nitro benzene ring substituents is 1. The van der Waals surface area contributed by atoms with Gasteiger partial charge in [0.1, 0.15) is 0 Å². The molecule has 4 rings (SSSR count). The first kappa shape index (κ1) is 22.2. The number of amides is 1. The number of fused-ring (bicyclic) bond motifs is 1. The van der Waals surface area contributed by atoms with Crippen molar-refractivity contribution < 1.29 is 9.72 Å². The van der Waals surface area contributed by atoms with E-state index in [1.165, 1.54) is 35.7 Å². The monoisotopic (exact) mass is 459 g/mol. The summed E-state index contributed by atoms with van der Waals surface area (Å²) in [4.78, 5) is 27.4. The van der Waals surface area contributed by atoms with Gasteiger partial charge in [-0.15, -0.1) is 0 Å². The third-order valence-corrected chi connectivity index (χ3v) is 5.87. The summed E-state index contributed by atoms with van der Waals surface area (Å²) in [5, 5.41) is 15.5. The topological polar surface area (TPSA) is 102 Å². The number of imidazole rings is 1. The summed E-state index contributed by atoms with van der Waals surface area (Å²) in [6.45, 7) is 2.70. The van der Waals surface area contributed by atoms with Crippen molar-refractivity contribution in [2.45, 2.75) is 18.6 Å². The smallest absolute Gasteiger partial charge is 0.270 e. The van der Waals surface area contributed by atoms with Crippen molar-refractivity contribution in [3.05, 3.63) is 99.6 Å². The van der Waals surface area contributed by atoms with Gasteiger partial charge in [-0.2, -0.15) is 5.10 Å². The summed E-state index contributed by atoms with van der Waals surface area (Å²) < 4.78 is 2.10. The molecular formula is C24H21N5O3S. The fraction of sp³-hybridized carbons (Fsp3) is 0.125. The molecular weight excluding hydrogens is 438 g/mol. The molecule has 1 heterocycles. The predicted molar refractivity (Wildman–Crippen MR) is 130 cm³/mol. The lowest BCUT2D eigenvalue weighted by atomic mass is 10.1. The van der Waals surface area contributed by atoms with Gasteiger partial charge < -0.3 is 4.57 Å². The molecule has 8 nitrogen and oxygen atoms in total. The highest BCUT2D eigenvalue weighted by atomic mass is 32.2. The molecule has 0 aliphatic heterocycles. The summed E-state index contributed by atoms with van der Waals surface area (Å²) in [7, 11) is 0. The van der Waals surface area contributed by atoms with Crippen molar-refractivity contribution >= 4 is 40.6 Å². The molecule has 0 spiro atoms. The van der Waals surface area contributed by atoms with E-state index in [2.05, 4.69) is 46.3 Å². The minimum atomic E-state index is -0.477. The van der Waals surface area contributed by atoms with Gasteiger partial charge in [-0.3, -0.25) is 14.9 Å². The van der Waals surface area contributed by atoms with Gasteiger partial charge in [0, 0.05) is 17.7 Å². The molecule has 33 heavy (non-hydrogen) atoms. The van der Waals surface area contributed by atoms with Crippen LogP contribution in [0, 0.1) is 17.0 Å². The van der Waals surface area contributed by atoms with E-state index in [-0.39, 0.29) is 17.3 Å². The van der Waals surface area contributed by atoms with Gasteiger partial charge in [0.25, 0.3) is 11.6 Å². The minimum Gasteiger partial charge on any atom is -0.314 e. The fourth-order valence-electron chi connectivity index (χ4n) is 3.25. The largest absolute Gasteiger partial charge is 0.314 e. The Kier molecular flexibility index (Phi) is 6.80. The van der Waals surface area contributed by atoms with E-state index in [0.29, 0.717) is 12.1 Å². The number of carbonyl (C=O) groups is 1. The zero-order valence-electron chi connectivity index (χ0n) is 17.8. The molecule has 4 aromatic rings. The molecule has 0 aliphatic rings. The van der Waals surface area contributed by atoms with Crippen LogP contribution in [0.15, 0.2) is 83.1 Å². The molecule has 1 N–H and O–H groups in total. The zero-order valence-corrected chi connectivity index (χ0v) is 18.7. The number of nitrogens with zero attached hydrogens (tertiary/aromatic N) is 4. The number of carbonyl (C=O) groups excluding carboxylic acids is 1. The van der Waals surface area contributed by atoms with Crippen molar-refractivity contribution in [2.24, 2.45) is 5.10 Å². The molecule has 0 bridgehead atoms. The first-order chi connectivity index (χ1) is 16.0. The number of hydrazone groups is 1. The Morgan fingerprint density at radius 2 is 1.94 bits per heavy atom. The maximum atomic E-state index is 12.3. The summed E-state index contributed by atoms with van der Waals surface area (Å²) in [6.07, 6.45) is 1.38. The number of aryl methyl sites for hydroxylation is 1. The second kappa shape index (κ2) is 10.1. The quantitative estimate of drug-likeness (QED) is 0.180. The van der Waals surface area contributed by atoms with Crippen LogP contribution in [0.2, 0.25) is 0 Å². The molecule has 9 heteroatoms. The predicted octanol–water partition coefficient (Wildman–Crippen LogP) is 4.54. The SMILES string of the molecule is Cc1ccc(Cn2c(SCC(=O)NN=Cc3cccc([N+](=O)[O-])c3)nc3ccccc32)cc1. The fourth-order valence-corrected chi connectivity index (χ4v) is 4.06. The molecule has 166 valence electrons. The molecule has 0 atom stereocenters. The molecule has 1 amide bonds. The van der Waals surface area contributed by atoms with Crippen LogP contribution in [0.1, 0.15) is 16.7 Å². The lowest BCUT2D eigenvalue weighted by Crippen LogP contribution is -2.20. The van der Waals surface area contributed by atoms with E-state index in [9.17, 15) is 14.9 Å². The van der Waals surface area contributed by atoms with E-state index in [1.54, 1.807) is 12.1 Å². The average Bonchev–Trinajstić information content (AvgIpc) is 3.16. The van der Waals surface area contributed by atoms with Gasteiger partial charge in [0.05, 0.1) is 34.5 Å². The summed E-state index contributed by atoms with van der Waals surface area (Å²) in [5.74, 6) is -0.167. The minimum absolute atomic E-state index is 0.0340. The highest BCUT2D eigenvalue weighted by Gasteiger charge is 2.13. The number of nitrogens with one attached hydrogen (secondary N) is 1. The Bertz CT molecular complexity index is 1330. The van der Waals surface area contributed by atoms with Crippen molar-refractivity contribution in [1.29, 1.82) is 0 Å². The number of thioether (sulfide) groups is 1. The number of rotatable bonds is 8. The van der Waals surface area contributed by atoms with Crippen LogP contribution < -0.4 is 5.43 Å². The summed E-state index contributed by atoms with van der Waals surface area (Å²) in [5.41, 5.74) is 7.18. The molecule has 0 saturated carbocycles. The van der Waals surface area contributed by atoms with Crippen molar-refractivity contribution in [3.63, 3.8) is 0 Å². The normalized spacial score (nSPS) is 11.2. The van der Waals surface area contributed by atoms with Gasteiger partial charge in [0.15, 0.2) is 5.16 Å². The van der Waals surface area contributed by atoms with E-state index in [0.717, 1.165) is 21.8 Å². The Morgan fingerprint density at radius 3 is 2.73 bits per heavy atom. The van der Waals surface area contributed by atoms with Crippen LogP contribution in [-0.4, -0.2) is 32.3 Å². The number of aromatic nitrogens is 2. The van der Waals surface area contributed by atoms with Gasteiger partial charge in [-0.05, 0) is 24.6 Å². The van der Waals surface area contributed by atoms with Crippen LogP contribution in [0.5, 0.6) is 0 Å². The molecule has 0 unspecified atom stereocenters. The van der Waals surface area contributed by atoms with E-state index in [4.69, 9.17) is 4.98 Å². The lowest BCUT2D eigenvalue weighted by Gasteiger charge is -2.09. The lowest BCUT2D eigenvalue weighted by molar-refractivity contribution is -0.384. The Labute approximate surface area is 194 Å². The molecule has 0 radical (unpaired) electrons. The highest BCUT2D eigenvalue weighted by Crippen LogP contribution is 2.25. The van der Waals surface area contributed by atoms with E-state index < -0.39 is 4.92 Å². The van der Waals surface area contributed by atoms with Crippen molar-refractivity contribution in [1.82, 2.24) is 15.0 Å². The number of benzene rings is 3. The number of hydrogen-bond donors (Lipinski definition) is 1. The first-order valence-corrected chi connectivity index (χ1v) is 11.2. The molecule has 1 aromatic heterocycles. The zero-order chi connectivity index (χ0) is 23.2. The standard InChI is InChI=1S/C24H21N5O3S/c1-17-9-11-18(12-10-17)15-28-22-8-3-2-7-21(22)26-24(28)33-16-23(30)27-25-14-19-5-4-6-20(13-19)29(31)32/h2-14H,15-16H2,1H3,(H,27,30). The van der Waals surface area contributed by atoms with Crippen molar-refractivity contribution in [2.75, 3.05) is 5.75 Å². The number of para-hydroxylation sites is 2. The molecule has 0 fully saturated rings. The molecule has 3 aromatic carbocycles. The number of nitro groups is 1. The molecule has 0 aliphatic carbocycles. The second-order valence-electron chi connectivity index (χ2n) is 7.39. The maximum Gasteiger partial charge on any atom is 0.270 e. The van der Waals surface area contributed by atoms with Crippen LogP contribution in [0.3, 0.4) is 0 Å². The summed E-state index contributed by atoms with van der Waals surface area (Å²) in [6, 6.07) is 22.2. The van der Waals surface area contributed by atoms with Gasteiger partial charge in [-0.25, -0.2) is 10.4 Å². The van der Waals surface area contributed by atoms with Crippen LogP contribution >= 0.6 is 11.8 Å². The Balaban J connectivity index is 1.43. The summed E-state index contributed by atoms with van der Waals surface area (Å²) >= 11 is 1.33. The first-order valence-electron chi connectivity index (χ1n) is 10.2. The van der Waals surface area contributed by atoms with E-state index >= 15 is 0 Å². The highest BCUT2D eigenvalue weighted by molar-refractivity contribution is 7.99. The average molecular weight is 460 g/mol. The van der Waals surface area contributed by atoms with Crippen LogP contribution in [0.4, 0.5) is 5.69 Å². The van der Waals surface area contributed by atoms with Gasteiger partial charge in [-0.1, -0.05) is 65.9 Å².